The summed E-state index contributed by atoms with van der Waals surface area (Å²) in [6, 6.07) is 7.84. The first-order chi connectivity index (χ1) is 10.6. The Morgan fingerprint density at radius 1 is 1.23 bits per heavy atom. The van der Waals surface area contributed by atoms with Crippen LogP contribution in [0.5, 0.6) is 0 Å². The molecule has 1 aliphatic rings. The maximum Gasteiger partial charge on any atom is 0.251 e. The van der Waals surface area contributed by atoms with Crippen LogP contribution in [0.1, 0.15) is 23.2 Å². The number of benzene rings is 1. The van der Waals surface area contributed by atoms with Gasteiger partial charge in [-0.25, -0.2) is 0 Å². The number of rotatable bonds is 5. The lowest BCUT2D eigenvalue weighted by Crippen LogP contribution is -2.47. The van der Waals surface area contributed by atoms with Crippen molar-refractivity contribution >= 4 is 23.6 Å². The maximum atomic E-state index is 12.2. The molecule has 0 atom stereocenters. The molecule has 0 saturated carbocycles. The molecule has 1 heterocycles. The van der Waals surface area contributed by atoms with E-state index in [-0.39, 0.29) is 17.9 Å². The van der Waals surface area contributed by atoms with Gasteiger partial charge in [-0.1, -0.05) is 0 Å². The predicted octanol–water partition coefficient (Wildman–Crippen LogP) is 1.35. The van der Waals surface area contributed by atoms with Crippen molar-refractivity contribution in [3.05, 3.63) is 29.8 Å². The molecule has 2 N–H and O–H groups in total. The number of likely N-dealkylation sites (tertiary alicyclic amines) is 1. The normalized spacial score (nSPS) is 16.3. The van der Waals surface area contributed by atoms with Crippen LogP contribution in [0.25, 0.3) is 0 Å². The van der Waals surface area contributed by atoms with Crippen LogP contribution in [-0.2, 0) is 4.79 Å². The molecule has 0 aromatic heterocycles. The van der Waals surface area contributed by atoms with Crippen LogP contribution in [0.15, 0.2) is 29.2 Å². The Balaban J connectivity index is 1.79. The van der Waals surface area contributed by atoms with E-state index in [9.17, 15) is 9.59 Å². The molecule has 0 radical (unpaired) electrons. The molecule has 0 spiro atoms. The van der Waals surface area contributed by atoms with E-state index in [0.717, 1.165) is 30.8 Å². The van der Waals surface area contributed by atoms with Crippen LogP contribution in [0, 0.1) is 0 Å². The standard InChI is InChI=1S/C16H23N3O2S/c1-17-15(20)11-19-9-7-13(8-10-19)18-16(21)12-3-5-14(22-2)6-4-12/h3-6,13H,7-11H2,1-2H3,(H,17,20)(H,18,21). The van der Waals surface area contributed by atoms with E-state index in [1.807, 2.05) is 30.5 Å². The largest absolute Gasteiger partial charge is 0.358 e. The van der Waals surface area contributed by atoms with Crippen molar-refractivity contribution < 1.29 is 9.59 Å². The molecule has 1 aromatic carbocycles. The number of thioether (sulfide) groups is 1. The lowest BCUT2D eigenvalue weighted by atomic mass is 10.0. The highest BCUT2D eigenvalue weighted by molar-refractivity contribution is 7.98. The van der Waals surface area contributed by atoms with Gasteiger partial charge in [-0.3, -0.25) is 14.5 Å². The highest BCUT2D eigenvalue weighted by Crippen LogP contribution is 2.16. The van der Waals surface area contributed by atoms with E-state index in [0.29, 0.717) is 12.1 Å². The van der Waals surface area contributed by atoms with Crippen molar-refractivity contribution in [1.29, 1.82) is 0 Å². The fraction of sp³-hybridized carbons (Fsp3) is 0.500. The minimum absolute atomic E-state index is 0.0163. The second kappa shape index (κ2) is 8.19. The van der Waals surface area contributed by atoms with E-state index in [4.69, 9.17) is 0 Å². The number of likely N-dealkylation sites (N-methyl/N-ethyl adjacent to an activating group) is 1. The van der Waals surface area contributed by atoms with Crippen LogP contribution in [-0.4, -0.2) is 55.7 Å². The fourth-order valence-corrected chi connectivity index (χ4v) is 2.94. The minimum Gasteiger partial charge on any atom is -0.358 e. The highest BCUT2D eigenvalue weighted by Gasteiger charge is 2.22. The summed E-state index contributed by atoms with van der Waals surface area (Å²) < 4.78 is 0. The third kappa shape index (κ3) is 4.74. The van der Waals surface area contributed by atoms with Crippen molar-refractivity contribution in [2.45, 2.75) is 23.8 Å². The van der Waals surface area contributed by atoms with Gasteiger partial charge in [-0.15, -0.1) is 11.8 Å². The third-order valence-electron chi connectivity index (χ3n) is 3.92. The number of hydrogen-bond acceptors (Lipinski definition) is 4. The van der Waals surface area contributed by atoms with Gasteiger partial charge in [0.15, 0.2) is 0 Å². The van der Waals surface area contributed by atoms with E-state index in [1.54, 1.807) is 18.8 Å². The van der Waals surface area contributed by atoms with Gasteiger partial charge in [0.1, 0.15) is 0 Å². The second-order valence-corrected chi connectivity index (χ2v) is 6.31. The van der Waals surface area contributed by atoms with Crippen molar-refractivity contribution in [3.63, 3.8) is 0 Å². The van der Waals surface area contributed by atoms with Crippen LogP contribution in [0.2, 0.25) is 0 Å². The number of nitrogens with zero attached hydrogens (tertiary/aromatic N) is 1. The molecule has 0 aliphatic carbocycles. The van der Waals surface area contributed by atoms with Crippen LogP contribution in [0.4, 0.5) is 0 Å². The van der Waals surface area contributed by atoms with Crippen molar-refractivity contribution in [2.24, 2.45) is 0 Å². The zero-order valence-corrected chi connectivity index (χ0v) is 13.9. The average molecular weight is 321 g/mol. The van der Waals surface area contributed by atoms with E-state index >= 15 is 0 Å². The Labute approximate surface area is 135 Å². The fourth-order valence-electron chi connectivity index (χ4n) is 2.53. The molecule has 22 heavy (non-hydrogen) atoms. The summed E-state index contributed by atoms with van der Waals surface area (Å²) in [7, 11) is 1.65. The molecule has 0 unspecified atom stereocenters. The van der Waals surface area contributed by atoms with Crippen LogP contribution < -0.4 is 10.6 Å². The summed E-state index contributed by atoms with van der Waals surface area (Å²) in [5.41, 5.74) is 0.700. The number of carbonyl (C=O) groups excluding carboxylic acids is 2. The van der Waals surface area contributed by atoms with Gasteiger partial charge in [0.2, 0.25) is 5.91 Å². The first-order valence-corrected chi connectivity index (χ1v) is 8.72. The number of carbonyl (C=O) groups is 2. The molecule has 1 fully saturated rings. The predicted molar refractivity (Wildman–Crippen MR) is 89.2 cm³/mol. The summed E-state index contributed by atoms with van der Waals surface area (Å²) in [5.74, 6) is 0.0220. The van der Waals surface area contributed by atoms with E-state index in [2.05, 4.69) is 15.5 Å². The van der Waals surface area contributed by atoms with Crippen molar-refractivity contribution in [1.82, 2.24) is 15.5 Å². The summed E-state index contributed by atoms with van der Waals surface area (Å²) in [6.45, 7) is 2.11. The molecule has 2 rings (SSSR count). The molecule has 1 saturated heterocycles. The molecular weight excluding hydrogens is 298 g/mol. The Kier molecular flexibility index (Phi) is 6.27. The summed E-state index contributed by atoms with van der Waals surface area (Å²) >= 11 is 1.66. The summed E-state index contributed by atoms with van der Waals surface area (Å²) in [4.78, 5) is 26.8. The topological polar surface area (TPSA) is 61.4 Å². The van der Waals surface area contributed by atoms with Gasteiger partial charge in [-0.2, -0.15) is 0 Å². The van der Waals surface area contributed by atoms with Gasteiger partial charge in [-0.05, 0) is 43.4 Å². The SMILES string of the molecule is CNC(=O)CN1CCC(NC(=O)c2ccc(SC)cc2)CC1. The minimum atomic E-state index is -0.0163. The molecule has 6 heteroatoms. The van der Waals surface area contributed by atoms with Gasteiger partial charge in [0.05, 0.1) is 6.54 Å². The molecule has 5 nitrogen and oxygen atoms in total. The molecule has 2 amide bonds. The quantitative estimate of drug-likeness (QED) is 0.804. The summed E-state index contributed by atoms with van der Waals surface area (Å²) in [5, 5.41) is 5.72. The monoisotopic (exact) mass is 321 g/mol. The van der Waals surface area contributed by atoms with Crippen molar-refractivity contribution in [2.75, 3.05) is 32.9 Å². The Bertz CT molecular complexity index is 511. The maximum absolute atomic E-state index is 12.2. The Morgan fingerprint density at radius 3 is 2.41 bits per heavy atom. The number of amides is 2. The van der Waals surface area contributed by atoms with Gasteiger partial charge in [0.25, 0.3) is 5.91 Å². The molecule has 0 bridgehead atoms. The Morgan fingerprint density at radius 2 is 1.86 bits per heavy atom. The van der Waals surface area contributed by atoms with E-state index < -0.39 is 0 Å². The first kappa shape index (κ1) is 16.8. The Hall–Kier alpha value is -1.53. The average Bonchev–Trinajstić information content (AvgIpc) is 2.56. The zero-order valence-electron chi connectivity index (χ0n) is 13.1. The third-order valence-corrected chi connectivity index (χ3v) is 4.66. The molecule has 120 valence electrons. The first-order valence-electron chi connectivity index (χ1n) is 7.50. The number of piperidine rings is 1. The lowest BCUT2D eigenvalue weighted by Gasteiger charge is -2.31. The molecule has 1 aliphatic heterocycles. The van der Waals surface area contributed by atoms with Crippen LogP contribution >= 0.6 is 11.8 Å². The van der Waals surface area contributed by atoms with Gasteiger partial charge in [0, 0.05) is 36.6 Å². The number of nitrogens with one attached hydrogen (secondary N) is 2. The molecular formula is C16H23N3O2S. The van der Waals surface area contributed by atoms with Gasteiger partial charge < -0.3 is 10.6 Å². The highest BCUT2D eigenvalue weighted by atomic mass is 32.2. The smallest absolute Gasteiger partial charge is 0.251 e. The van der Waals surface area contributed by atoms with E-state index in [1.165, 1.54) is 0 Å². The molecule has 1 aromatic rings. The van der Waals surface area contributed by atoms with Gasteiger partial charge >= 0.3 is 0 Å². The second-order valence-electron chi connectivity index (χ2n) is 5.43. The van der Waals surface area contributed by atoms with Crippen molar-refractivity contribution in [3.8, 4) is 0 Å². The number of hydrogen-bond donors (Lipinski definition) is 2. The van der Waals surface area contributed by atoms with Crippen LogP contribution in [0.3, 0.4) is 0 Å². The lowest BCUT2D eigenvalue weighted by molar-refractivity contribution is -0.122. The zero-order chi connectivity index (χ0) is 15.9. The summed E-state index contributed by atoms with van der Waals surface area (Å²) in [6.07, 6.45) is 3.78.